The van der Waals surface area contributed by atoms with Crippen LogP contribution in [-0.4, -0.2) is 23.9 Å². The second-order valence-electron chi connectivity index (χ2n) is 6.70. The molecule has 5 aliphatic rings. The van der Waals surface area contributed by atoms with E-state index < -0.39 is 35.7 Å². The van der Waals surface area contributed by atoms with E-state index in [2.05, 4.69) is 0 Å². The number of esters is 4. The van der Waals surface area contributed by atoms with Crippen LogP contribution in [0.4, 0.5) is 0 Å². The van der Waals surface area contributed by atoms with E-state index in [1.165, 1.54) is 0 Å². The van der Waals surface area contributed by atoms with E-state index in [1.807, 2.05) is 0 Å². The average Bonchev–Trinajstić information content (AvgIpc) is 3.10. The van der Waals surface area contributed by atoms with E-state index in [4.69, 9.17) is 9.47 Å². The SMILES string of the molecule is O=C1OC(=O)C2C1CC1C3CC(C4C(=O)OC(=O)C34)C12. The molecule has 20 heavy (non-hydrogen) atoms. The fourth-order valence-corrected chi connectivity index (χ4v) is 5.84. The van der Waals surface area contributed by atoms with Crippen molar-refractivity contribution in [3.05, 3.63) is 0 Å². The Morgan fingerprint density at radius 1 is 0.650 bits per heavy atom. The molecule has 6 heteroatoms. The number of ether oxygens (including phenoxy) is 2. The van der Waals surface area contributed by atoms with Crippen LogP contribution in [0.15, 0.2) is 0 Å². The second-order valence-corrected chi connectivity index (χ2v) is 6.70. The molecule has 2 bridgehead atoms. The molecule has 3 aliphatic carbocycles. The van der Waals surface area contributed by atoms with E-state index >= 15 is 0 Å². The monoisotopic (exact) mass is 276 g/mol. The van der Waals surface area contributed by atoms with Gasteiger partial charge in [-0.3, -0.25) is 19.2 Å². The van der Waals surface area contributed by atoms with Gasteiger partial charge >= 0.3 is 23.9 Å². The summed E-state index contributed by atoms with van der Waals surface area (Å²) in [4.78, 5) is 47.3. The highest BCUT2D eigenvalue weighted by Gasteiger charge is 2.73. The Bertz CT molecular complexity index is 594. The summed E-state index contributed by atoms with van der Waals surface area (Å²) in [6, 6.07) is 0. The van der Waals surface area contributed by atoms with Gasteiger partial charge in [0, 0.05) is 0 Å². The van der Waals surface area contributed by atoms with E-state index in [9.17, 15) is 19.2 Å². The highest BCUT2D eigenvalue weighted by molar-refractivity contribution is 5.99. The maximum Gasteiger partial charge on any atom is 0.317 e. The fraction of sp³-hybridized carbons (Fsp3) is 0.714. The molecule has 8 atom stereocenters. The Morgan fingerprint density at radius 2 is 1.25 bits per heavy atom. The summed E-state index contributed by atoms with van der Waals surface area (Å²) in [5.41, 5.74) is 0. The molecular weight excluding hydrogens is 264 g/mol. The average molecular weight is 276 g/mol. The Balaban J connectivity index is 1.58. The first-order valence-electron chi connectivity index (χ1n) is 7.09. The van der Waals surface area contributed by atoms with E-state index in [0.29, 0.717) is 6.42 Å². The predicted molar refractivity (Wildman–Crippen MR) is 59.4 cm³/mol. The number of fused-ring (bicyclic) bond motifs is 10. The lowest BCUT2D eigenvalue weighted by Crippen LogP contribution is -2.37. The van der Waals surface area contributed by atoms with Crippen LogP contribution in [0.1, 0.15) is 12.8 Å². The van der Waals surface area contributed by atoms with Gasteiger partial charge in [-0.2, -0.15) is 0 Å². The minimum Gasteiger partial charge on any atom is -0.393 e. The molecule has 2 saturated heterocycles. The van der Waals surface area contributed by atoms with Gasteiger partial charge in [0.2, 0.25) is 0 Å². The summed E-state index contributed by atoms with van der Waals surface area (Å²) in [6.45, 7) is 0. The maximum absolute atomic E-state index is 11.9. The molecule has 0 aromatic rings. The number of rotatable bonds is 0. The quantitative estimate of drug-likeness (QED) is 0.454. The highest BCUT2D eigenvalue weighted by atomic mass is 16.6. The van der Waals surface area contributed by atoms with Gasteiger partial charge in [-0.25, -0.2) is 0 Å². The zero-order valence-corrected chi connectivity index (χ0v) is 10.5. The Hall–Kier alpha value is -1.72. The van der Waals surface area contributed by atoms with Crippen molar-refractivity contribution in [1.29, 1.82) is 0 Å². The van der Waals surface area contributed by atoms with Gasteiger partial charge in [0.15, 0.2) is 0 Å². The zero-order valence-electron chi connectivity index (χ0n) is 10.5. The maximum atomic E-state index is 11.9. The summed E-state index contributed by atoms with van der Waals surface area (Å²) >= 11 is 0. The third-order valence-electron chi connectivity index (χ3n) is 6.29. The standard InChI is InChI=1S/C14H12O6/c15-11-6-2-3-4-1-5(7(3)10(6)14(18)19-11)9-8(4)12(16)20-13(9)17/h3-10H,1-2H2. The van der Waals surface area contributed by atoms with Crippen molar-refractivity contribution >= 4 is 23.9 Å². The summed E-state index contributed by atoms with van der Waals surface area (Å²) < 4.78 is 9.52. The molecule has 5 rings (SSSR count). The van der Waals surface area contributed by atoms with Crippen molar-refractivity contribution < 1.29 is 28.7 Å². The molecule has 6 nitrogen and oxygen atoms in total. The Labute approximate surface area is 113 Å². The van der Waals surface area contributed by atoms with Crippen molar-refractivity contribution in [3.63, 3.8) is 0 Å². The molecule has 5 fully saturated rings. The van der Waals surface area contributed by atoms with Crippen molar-refractivity contribution in [1.82, 2.24) is 0 Å². The number of carbonyl (C=O) groups is 4. The van der Waals surface area contributed by atoms with Gasteiger partial charge in [0.05, 0.1) is 23.7 Å². The first kappa shape index (κ1) is 11.0. The van der Waals surface area contributed by atoms with Crippen LogP contribution in [-0.2, 0) is 28.7 Å². The predicted octanol–water partition coefficient (Wildman–Crippen LogP) is -0.0962. The van der Waals surface area contributed by atoms with Gasteiger partial charge in [0.1, 0.15) is 0 Å². The third-order valence-corrected chi connectivity index (χ3v) is 6.29. The highest BCUT2D eigenvalue weighted by Crippen LogP contribution is 2.68. The third kappa shape index (κ3) is 0.980. The largest absolute Gasteiger partial charge is 0.393 e. The minimum atomic E-state index is -0.438. The van der Waals surface area contributed by atoms with Crippen LogP contribution in [0, 0.1) is 47.3 Å². The molecule has 0 radical (unpaired) electrons. The molecule has 8 unspecified atom stereocenters. The van der Waals surface area contributed by atoms with E-state index in [0.717, 1.165) is 6.42 Å². The molecule has 3 saturated carbocycles. The summed E-state index contributed by atoms with van der Waals surface area (Å²) in [7, 11) is 0. The van der Waals surface area contributed by atoms with Crippen LogP contribution in [0.3, 0.4) is 0 Å². The normalized spacial score (nSPS) is 54.8. The molecular formula is C14H12O6. The van der Waals surface area contributed by atoms with E-state index in [1.54, 1.807) is 0 Å². The lowest BCUT2D eigenvalue weighted by Gasteiger charge is -2.31. The first-order valence-corrected chi connectivity index (χ1v) is 7.09. The van der Waals surface area contributed by atoms with Crippen LogP contribution in [0.2, 0.25) is 0 Å². The van der Waals surface area contributed by atoms with Crippen LogP contribution in [0.25, 0.3) is 0 Å². The van der Waals surface area contributed by atoms with Gasteiger partial charge in [-0.05, 0) is 36.5 Å². The van der Waals surface area contributed by atoms with Crippen molar-refractivity contribution in [2.45, 2.75) is 12.8 Å². The Kier molecular flexibility index (Phi) is 1.72. The van der Waals surface area contributed by atoms with Crippen LogP contribution < -0.4 is 0 Å². The van der Waals surface area contributed by atoms with Crippen LogP contribution >= 0.6 is 0 Å². The lowest BCUT2D eigenvalue weighted by atomic mass is 9.68. The van der Waals surface area contributed by atoms with Gasteiger partial charge in [-0.1, -0.05) is 0 Å². The number of hydrogen-bond acceptors (Lipinski definition) is 6. The van der Waals surface area contributed by atoms with E-state index in [-0.39, 0.29) is 35.5 Å². The molecule has 2 aliphatic heterocycles. The van der Waals surface area contributed by atoms with Gasteiger partial charge in [0.25, 0.3) is 0 Å². The zero-order chi connectivity index (χ0) is 13.8. The van der Waals surface area contributed by atoms with Gasteiger partial charge < -0.3 is 9.47 Å². The molecule has 0 spiro atoms. The van der Waals surface area contributed by atoms with Crippen molar-refractivity contribution in [2.75, 3.05) is 0 Å². The molecule has 0 N–H and O–H groups in total. The fourth-order valence-electron chi connectivity index (χ4n) is 5.84. The first-order chi connectivity index (χ1) is 9.58. The number of carbonyl (C=O) groups excluding carboxylic acids is 4. The number of cyclic esters (lactones) is 4. The lowest BCUT2D eigenvalue weighted by molar-refractivity contribution is -0.157. The minimum absolute atomic E-state index is 0.00222. The molecule has 0 aromatic carbocycles. The van der Waals surface area contributed by atoms with Gasteiger partial charge in [-0.15, -0.1) is 0 Å². The molecule has 0 aromatic heterocycles. The summed E-state index contributed by atoms with van der Waals surface area (Å²) in [5, 5.41) is 0. The molecule has 2 heterocycles. The molecule has 104 valence electrons. The second kappa shape index (κ2) is 3.13. The van der Waals surface area contributed by atoms with Crippen molar-refractivity contribution in [3.8, 4) is 0 Å². The van der Waals surface area contributed by atoms with Crippen LogP contribution in [0.5, 0.6) is 0 Å². The summed E-state index contributed by atoms with van der Waals surface area (Å²) in [5.74, 6) is -2.88. The summed E-state index contributed by atoms with van der Waals surface area (Å²) in [6.07, 6.45) is 1.42. The topological polar surface area (TPSA) is 86.7 Å². The number of hydrogen-bond donors (Lipinski definition) is 0. The smallest absolute Gasteiger partial charge is 0.317 e. The Morgan fingerprint density at radius 3 is 2.00 bits per heavy atom. The van der Waals surface area contributed by atoms with Crippen molar-refractivity contribution in [2.24, 2.45) is 47.3 Å². The molecule has 0 amide bonds.